The Balaban J connectivity index is 0.00000112. The summed E-state index contributed by atoms with van der Waals surface area (Å²) in [6.45, 7) is 3.10. The van der Waals surface area contributed by atoms with Crippen molar-refractivity contribution in [2.24, 2.45) is 0 Å². The number of fused-ring (bicyclic) bond motifs is 1. The van der Waals surface area contributed by atoms with Gasteiger partial charge in [-0.3, -0.25) is 4.90 Å². The third-order valence-electron chi connectivity index (χ3n) is 3.08. The number of phenols is 2. The molecule has 3 nitrogen and oxygen atoms in total. The molecular weight excluding hydrogens is 214 g/mol. The number of halogens is 1. The molecule has 0 fully saturated rings. The van der Waals surface area contributed by atoms with E-state index in [1.165, 1.54) is 0 Å². The van der Waals surface area contributed by atoms with Gasteiger partial charge in [-0.05, 0) is 43.7 Å². The predicted octanol–water partition coefficient (Wildman–Crippen LogP) is 2.07. The zero-order valence-corrected chi connectivity index (χ0v) is 9.71. The van der Waals surface area contributed by atoms with Crippen molar-refractivity contribution >= 4 is 12.4 Å². The summed E-state index contributed by atoms with van der Waals surface area (Å²) in [5.41, 5.74) is 2.26. The summed E-state index contributed by atoms with van der Waals surface area (Å²) in [5, 5.41) is 18.8. The Morgan fingerprint density at radius 1 is 1.27 bits per heavy atom. The number of benzene rings is 1. The lowest BCUT2D eigenvalue weighted by Crippen LogP contribution is -2.30. The number of likely N-dealkylation sites (N-methyl/N-ethyl adjacent to an activating group) is 1. The maximum atomic E-state index is 9.41. The summed E-state index contributed by atoms with van der Waals surface area (Å²) in [5.74, 6) is -0.0357. The lowest BCUT2D eigenvalue weighted by atomic mass is 9.93. The Labute approximate surface area is 95.8 Å². The number of phenolic OH excluding ortho intramolecular Hbond substituents is 2. The van der Waals surface area contributed by atoms with E-state index in [0.29, 0.717) is 6.04 Å². The van der Waals surface area contributed by atoms with Gasteiger partial charge in [0.2, 0.25) is 0 Å². The number of hydrogen-bond acceptors (Lipinski definition) is 3. The molecule has 1 heterocycles. The van der Waals surface area contributed by atoms with Crippen LogP contribution in [0.15, 0.2) is 12.1 Å². The second-order valence-corrected chi connectivity index (χ2v) is 3.95. The Hall–Kier alpha value is -0.930. The van der Waals surface area contributed by atoms with Crippen molar-refractivity contribution in [3.8, 4) is 11.5 Å². The predicted molar refractivity (Wildman–Crippen MR) is 61.8 cm³/mol. The van der Waals surface area contributed by atoms with Gasteiger partial charge in [-0.1, -0.05) is 0 Å². The summed E-state index contributed by atoms with van der Waals surface area (Å²) in [7, 11) is 2.07. The molecule has 0 aromatic heterocycles. The second kappa shape index (κ2) is 4.29. The van der Waals surface area contributed by atoms with Gasteiger partial charge in [-0.15, -0.1) is 12.4 Å². The SMILES string of the molecule is CC1c2cc(O)c(O)cc2CCN1C.Cl. The normalized spacial score (nSPS) is 20.5. The summed E-state index contributed by atoms with van der Waals surface area (Å²) in [6, 6.07) is 3.66. The van der Waals surface area contributed by atoms with Crippen LogP contribution in [0.2, 0.25) is 0 Å². The highest BCUT2D eigenvalue weighted by atomic mass is 35.5. The molecule has 1 atom stereocenters. The highest BCUT2D eigenvalue weighted by Crippen LogP contribution is 2.35. The molecule has 1 aromatic rings. The fourth-order valence-electron chi connectivity index (χ4n) is 1.97. The molecule has 2 rings (SSSR count). The molecule has 0 radical (unpaired) electrons. The highest BCUT2D eigenvalue weighted by Gasteiger charge is 2.22. The Morgan fingerprint density at radius 2 is 1.87 bits per heavy atom. The van der Waals surface area contributed by atoms with E-state index < -0.39 is 0 Å². The number of nitrogens with zero attached hydrogens (tertiary/aromatic N) is 1. The quantitative estimate of drug-likeness (QED) is 0.670. The standard InChI is InChI=1S/C11H15NO2.ClH/c1-7-9-6-11(14)10(13)5-8(9)3-4-12(7)2;/h5-7,13-14H,3-4H2,1-2H3;1H. The van der Waals surface area contributed by atoms with Crippen LogP contribution in [0.4, 0.5) is 0 Å². The van der Waals surface area contributed by atoms with Crippen molar-refractivity contribution in [2.75, 3.05) is 13.6 Å². The van der Waals surface area contributed by atoms with Crippen LogP contribution >= 0.6 is 12.4 Å². The van der Waals surface area contributed by atoms with Crippen LogP contribution in [0.3, 0.4) is 0 Å². The molecule has 1 unspecified atom stereocenters. The van der Waals surface area contributed by atoms with E-state index in [2.05, 4.69) is 18.9 Å². The minimum atomic E-state index is -0.0223. The molecular formula is C11H16ClNO2. The van der Waals surface area contributed by atoms with E-state index in [0.717, 1.165) is 24.1 Å². The molecule has 84 valence electrons. The first-order valence-corrected chi connectivity index (χ1v) is 4.84. The average molecular weight is 230 g/mol. The number of rotatable bonds is 0. The zero-order valence-electron chi connectivity index (χ0n) is 8.90. The molecule has 0 saturated carbocycles. The van der Waals surface area contributed by atoms with Crippen molar-refractivity contribution in [1.82, 2.24) is 4.90 Å². The Bertz CT molecular complexity index is 368. The van der Waals surface area contributed by atoms with E-state index in [9.17, 15) is 10.2 Å². The molecule has 1 aliphatic rings. The summed E-state index contributed by atoms with van der Waals surface area (Å²) < 4.78 is 0. The van der Waals surface area contributed by atoms with Gasteiger partial charge in [-0.2, -0.15) is 0 Å². The van der Waals surface area contributed by atoms with E-state index in [-0.39, 0.29) is 23.9 Å². The first-order chi connectivity index (χ1) is 6.59. The maximum Gasteiger partial charge on any atom is 0.157 e. The first-order valence-electron chi connectivity index (χ1n) is 4.84. The lowest BCUT2D eigenvalue weighted by Gasteiger charge is -2.32. The number of aromatic hydroxyl groups is 2. The molecule has 2 N–H and O–H groups in total. The zero-order chi connectivity index (χ0) is 10.3. The number of hydrogen-bond donors (Lipinski definition) is 2. The average Bonchev–Trinajstić information content (AvgIpc) is 2.15. The molecule has 1 aliphatic heterocycles. The van der Waals surface area contributed by atoms with Crippen LogP contribution in [-0.2, 0) is 6.42 Å². The molecule has 4 heteroatoms. The molecule has 15 heavy (non-hydrogen) atoms. The molecule has 0 bridgehead atoms. The Morgan fingerprint density at radius 3 is 2.53 bits per heavy atom. The van der Waals surface area contributed by atoms with Crippen LogP contribution in [0.5, 0.6) is 11.5 Å². The van der Waals surface area contributed by atoms with Gasteiger partial charge in [0.1, 0.15) is 0 Å². The largest absolute Gasteiger partial charge is 0.504 e. The van der Waals surface area contributed by atoms with Gasteiger partial charge in [0.15, 0.2) is 11.5 Å². The van der Waals surface area contributed by atoms with Gasteiger partial charge < -0.3 is 10.2 Å². The molecule has 0 saturated heterocycles. The summed E-state index contributed by atoms with van der Waals surface area (Å²) in [4.78, 5) is 2.23. The van der Waals surface area contributed by atoms with Crippen LogP contribution in [0.1, 0.15) is 24.1 Å². The van der Waals surface area contributed by atoms with Crippen molar-refractivity contribution < 1.29 is 10.2 Å². The fourth-order valence-corrected chi connectivity index (χ4v) is 1.97. The van der Waals surface area contributed by atoms with Crippen LogP contribution in [-0.4, -0.2) is 28.7 Å². The van der Waals surface area contributed by atoms with Crippen LogP contribution in [0, 0.1) is 0 Å². The monoisotopic (exact) mass is 229 g/mol. The second-order valence-electron chi connectivity index (χ2n) is 3.95. The van der Waals surface area contributed by atoms with Gasteiger partial charge in [0, 0.05) is 12.6 Å². The van der Waals surface area contributed by atoms with Gasteiger partial charge in [-0.25, -0.2) is 0 Å². The van der Waals surface area contributed by atoms with E-state index in [1.807, 2.05) is 0 Å². The van der Waals surface area contributed by atoms with E-state index in [4.69, 9.17) is 0 Å². The maximum absolute atomic E-state index is 9.41. The fraction of sp³-hybridized carbons (Fsp3) is 0.455. The van der Waals surface area contributed by atoms with Gasteiger partial charge in [0.25, 0.3) is 0 Å². The van der Waals surface area contributed by atoms with E-state index >= 15 is 0 Å². The van der Waals surface area contributed by atoms with E-state index in [1.54, 1.807) is 12.1 Å². The molecule has 0 spiro atoms. The topological polar surface area (TPSA) is 43.7 Å². The third-order valence-corrected chi connectivity index (χ3v) is 3.08. The first kappa shape index (κ1) is 12.1. The molecule has 0 aliphatic carbocycles. The molecule has 0 amide bonds. The van der Waals surface area contributed by atoms with Crippen molar-refractivity contribution in [3.63, 3.8) is 0 Å². The van der Waals surface area contributed by atoms with Gasteiger partial charge in [0.05, 0.1) is 0 Å². The van der Waals surface area contributed by atoms with Crippen molar-refractivity contribution in [1.29, 1.82) is 0 Å². The van der Waals surface area contributed by atoms with Crippen LogP contribution < -0.4 is 0 Å². The van der Waals surface area contributed by atoms with Crippen molar-refractivity contribution in [3.05, 3.63) is 23.3 Å². The minimum Gasteiger partial charge on any atom is -0.504 e. The Kier molecular flexibility index (Phi) is 3.47. The summed E-state index contributed by atoms with van der Waals surface area (Å²) in [6.07, 6.45) is 0.935. The summed E-state index contributed by atoms with van der Waals surface area (Å²) >= 11 is 0. The molecule has 1 aromatic carbocycles. The van der Waals surface area contributed by atoms with Gasteiger partial charge >= 0.3 is 0 Å². The van der Waals surface area contributed by atoms with Crippen LogP contribution in [0.25, 0.3) is 0 Å². The van der Waals surface area contributed by atoms with Crippen molar-refractivity contribution in [2.45, 2.75) is 19.4 Å². The smallest absolute Gasteiger partial charge is 0.157 e. The third kappa shape index (κ3) is 2.03. The minimum absolute atomic E-state index is 0. The highest BCUT2D eigenvalue weighted by molar-refractivity contribution is 5.85. The lowest BCUT2D eigenvalue weighted by molar-refractivity contribution is 0.246.